The molecule has 29 heavy (non-hydrogen) atoms. The molecule has 0 amide bonds. The fourth-order valence-electron chi connectivity index (χ4n) is 3.01. The van der Waals surface area contributed by atoms with E-state index in [9.17, 15) is 10.1 Å². The van der Waals surface area contributed by atoms with E-state index in [4.69, 9.17) is 11.6 Å². The van der Waals surface area contributed by atoms with Crippen molar-refractivity contribution >= 4 is 29.1 Å². The second-order valence-electron chi connectivity index (χ2n) is 6.32. The average Bonchev–Trinajstić information content (AvgIpc) is 3.17. The number of non-ortho nitro benzene ring substituents is 1. The molecule has 0 N–H and O–H groups in total. The van der Waals surface area contributed by atoms with Crippen molar-refractivity contribution < 1.29 is 4.92 Å². The van der Waals surface area contributed by atoms with Gasteiger partial charge in [0.05, 0.1) is 16.8 Å². The minimum absolute atomic E-state index is 0.0415. The Balaban J connectivity index is 1.78. The zero-order chi connectivity index (χ0) is 20.2. The van der Waals surface area contributed by atoms with E-state index in [1.165, 1.54) is 11.6 Å². The Hall–Kier alpha value is -3.09. The lowest BCUT2D eigenvalue weighted by molar-refractivity contribution is -0.384. The second-order valence-corrected chi connectivity index (χ2v) is 7.70. The first-order chi connectivity index (χ1) is 14.1. The van der Waals surface area contributed by atoms with Crippen LogP contribution in [-0.2, 0) is 5.75 Å². The van der Waals surface area contributed by atoms with E-state index >= 15 is 0 Å². The largest absolute Gasteiger partial charge is 0.287 e. The van der Waals surface area contributed by atoms with Gasteiger partial charge in [-0.2, -0.15) is 0 Å². The zero-order valence-corrected chi connectivity index (χ0v) is 16.8. The summed E-state index contributed by atoms with van der Waals surface area (Å²) in [6, 6.07) is 24.2. The summed E-state index contributed by atoms with van der Waals surface area (Å²) < 4.78 is 1.98. The number of halogens is 1. The van der Waals surface area contributed by atoms with Gasteiger partial charge in [-0.05, 0) is 23.8 Å². The van der Waals surface area contributed by atoms with Gasteiger partial charge in [0.2, 0.25) is 0 Å². The first kappa shape index (κ1) is 19.2. The number of aromatic nitrogens is 2. The molecule has 1 aromatic heterocycles. The highest BCUT2D eigenvalue weighted by Crippen LogP contribution is 2.33. The van der Waals surface area contributed by atoms with Crippen LogP contribution in [0.3, 0.4) is 0 Å². The lowest BCUT2D eigenvalue weighted by Crippen LogP contribution is -2.00. The van der Waals surface area contributed by atoms with Crippen molar-refractivity contribution in [2.24, 2.45) is 0 Å². The van der Waals surface area contributed by atoms with E-state index in [-0.39, 0.29) is 5.69 Å². The summed E-state index contributed by atoms with van der Waals surface area (Å²) in [4.78, 5) is 15.4. The van der Waals surface area contributed by atoms with E-state index in [1.807, 2.05) is 53.1 Å². The summed E-state index contributed by atoms with van der Waals surface area (Å²) in [6.07, 6.45) is 1.74. The SMILES string of the molecule is O=[N+]([O-])c1cccc(-c2cnc(SCc3ccccc3)n2-c2cccc(Cl)c2)c1. The third kappa shape index (κ3) is 4.34. The molecule has 4 aromatic rings. The highest BCUT2D eigenvalue weighted by atomic mass is 35.5. The Bertz CT molecular complexity index is 1160. The molecule has 5 nitrogen and oxygen atoms in total. The van der Waals surface area contributed by atoms with Crippen molar-refractivity contribution in [1.82, 2.24) is 9.55 Å². The molecular formula is C22H16ClN3O2S. The van der Waals surface area contributed by atoms with E-state index in [1.54, 1.807) is 30.1 Å². The quantitative estimate of drug-likeness (QED) is 0.205. The predicted molar refractivity (Wildman–Crippen MR) is 117 cm³/mol. The van der Waals surface area contributed by atoms with Crippen molar-refractivity contribution in [3.63, 3.8) is 0 Å². The number of nitro groups is 1. The molecule has 0 unspecified atom stereocenters. The number of rotatable bonds is 6. The van der Waals surface area contributed by atoms with Crippen LogP contribution in [0.4, 0.5) is 5.69 Å². The van der Waals surface area contributed by atoms with Gasteiger partial charge in [0.25, 0.3) is 5.69 Å². The number of hydrogen-bond acceptors (Lipinski definition) is 4. The minimum Gasteiger partial charge on any atom is -0.287 e. The van der Waals surface area contributed by atoms with Crippen LogP contribution in [0.15, 0.2) is 90.2 Å². The molecule has 7 heteroatoms. The molecule has 0 radical (unpaired) electrons. The summed E-state index contributed by atoms with van der Waals surface area (Å²) in [6.45, 7) is 0. The molecule has 0 spiro atoms. The Morgan fingerprint density at radius 3 is 2.55 bits per heavy atom. The van der Waals surface area contributed by atoms with Gasteiger partial charge >= 0.3 is 0 Å². The number of imidazole rings is 1. The third-order valence-electron chi connectivity index (χ3n) is 4.36. The van der Waals surface area contributed by atoms with Gasteiger partial charge in [0.1, 0.15) is 0 Å². The molecular weight excluding hydrogens is 406 g/mol. The second kappa shape index (κ2) is 8.51. The van der Waals surface area contributed by atoms with Crippen molar-refractivity contribution in [1.29, 1.82) is 0 Å². The fourth-order valence-corrected chi connectivity index (χ4v) is 4.14. The van der Waals surface area contributed by atoms with Gasteiger partial charge in [-0.1, -0.05) is 71.9 Å². The Labute approximate surface area is 177 Å². The molecule has 3 aromatic carbocycles. The van der Waals surface area contributed by atoms with Crippen LogP contribution in [0.25, 0.3) is 16.9 Å². The highest BCUT2D eigenvalue weighted by Gasteiger charge is 2.16. The van der Waals surface area contributed by atoms with E-state index < -0.39 is 4.92 Å². The number of benzene rings is 3. The number of hydrogen-bond donors (Lipinski definition) is 0. The standard InChI is InChI=1S/C22H16ClN3O2S/c23-18-9-5-10-19(13-18)25-21(17-8-4-11-20(12-17)26(27)28)14-24-22(25)29-15-16-6-2-1-3-7-16/h1-14H,15H2. The van der Waals surface area contributed by atoms with Gasteiger partial charge in [0, 0.05) is 34.2 Å². The van der Waals surface area contributed by atoms with Crippen LogP contribution in [0.2, 0.25) is 5.02 Å². The molecule has 0 fully saturated rings. The van der Waals surface area contributed by atoms with Crippen molar-refractivity contribution in [2.75, 3.05) is 0 Å². The Morgan fingerprint density at radius 2 is 1.79 bits per heavy atom. The first-order valence-electron chi connectivity index (χ1n) is 8.87. The summed E-state index contributed by atoms with van der Waals surface area (Å²) in [7, 11) is 0. The van der Waals surface area contributed by atoms with Gasteiger partial charge < -0.3 is 0 Å². The maximum atomic E-state index is 11.2. The van der Waals surface area contributed by atoms with Gasteiger partial charge in [0.15, 0.2) is 5.16 Å². The molecule has 0 aliphatic rings. The predicted octanol–water partition coefficient (Wildman–Crippen LogP) is 6.39. The van der Waals surface area contributed by atoms with E-state index in [0.29, 0.717) is 5.02 Å². The number of thioether (sulfide) groups is 1. The molecule has 0 saturated heterocycles. The van der Waals surface area contributed by atoms with Crippen LogP contribution in [-0.4, -0.2) is 14.5 Å². The van der Waals surface area contributed by atoms with Crippen molar-refractivity contribution in [3.05, 3.63) is 106 Å². The molecule has 0 aliphatic carbocycles. The lowest BCUT2D eigenvalue weighted by atomic mass is 10.1. The molecule has 0 bridgehead atoms. The van der Waals surface area contributed by atoms with Crippen molar-refractivity contribution in [2.45, 2.75) is 10.9 Å². The van der Waals surface area contributed by atoms with E-state index in [0.717, 1.165) is 27.9 Å². The summed E-state index contributed by atoms with van der Waals surface area (Å²) >= 11 is 7.82. The van der Waals surface area contributed by atoms with Crippen molar-refractivity contribution in [3.8, 4) is 16.9 Å². The topological polar surface area (TPSA) is 61.0 Å². The number of nitro benzene ring substituents is 1. The highest BCUT2D eigenvalue weighted by molar-refractivity contribution is 7.98. The number of nitrogens with zero attached hydrogens (tertiary/aromatic N) is 3. The zero-order valence-electron chi connectivity index (χ0n) is 15.2. The van der Waals surface area contributed by atoms with Crippen LogP contribution in [0.1, 0.15) is 5.56 Å². The third-order valence-corrected chi connectivity index (χ3v) is 5.62. The lowest BCUT2D eigenvalue weighted by Gasteiger charge is -2.12. The molecule has 1 heterocycles. The molecule has 144 valence electrons. The monoisotopic (exact) mass is 421 g/mol. The molecule has 0 aliphatic heterocycles. The maximum absolute atomic E-state index is 11.2. The van der Waals surface area contributed by atoms with Crippen LogP contribution in [0, 0.1) is 10.1 Å². The summed E-state index contributed by atoms with van der Waals surface area (Å²) in [5.41, 5.74) is 3.58. The van der Waals surface area contributed by atoms with Gasteiger partial charge in [-0.3, -0.25) is 14.7 Å². The Kier molecular flexibility index (Phi) is 5.64. The minimum atomic E-state index is -0.394. The normalized spacial score (nSPS) is 10.8. The van der Waals surface area contributed by atoms with Gasteiger partial charge in [-0.15, -0.1) is 0 Å². The molecule has 0 saturated carbocycles. The summed E-state index contributed by atoms with van der Waals surface area (Å²) in [5.74, 6) is 0.757. The smallest absolute Gasteiger partial charge is 0.270 e. The molecule has 4 rings (SSSR count). The maximum Gasteiger partial charge on any atom is 0.270 e. The average molecular weight is 422 g/mol. The first-order valence-corrected chi connectivity index (χ1v) is 10.2. The van der Waals surface area contributed by atoms with Crippen LogP contribution >= 0.6 is 23.4 Å². The van der Waals surface area contributed by atoms with E-state index in [2.05, 4.69) is 17.1 Å². The van der Waals surface area contributed by atoms with Gasteiger partial charge in [-0.25, -0.2) is 4.98 Å². The van der Waals surface area contributed by atoms with Crippen LogP contribution < -0.4 is 0 Å². The fraction of sp³-hybridized carbons (Fsp3) is 0.0455. The summed E-state index contributed by atoms with van der Waals surface area (Å²) in [5, 5.41) is 12.6. The van der Waals surface area contributed by atoms with Crippen LogP contribution in [0.5, 0.6) is 0 Å². The Morgan fingerprint density at radius 1 is 1.00 bits per heavy atom. The molecule has 0 atom stereocenters.